The van der Waals surface area contributed by atoms with E-state index < -0.39 is 0 Å². The molecule has 3 aromatic rings. The zero-order valence-corrected chi connectivity index (χ0v) is 20.1. The van der Waals surface area contributed by atoms with E-state index in [1.54, 1.807) is 4.40 Å². The van der Waals surface area contributed by atoms with Gasteiger partial charge in [-0.2, -0.15) is 9.97 Å². The highest BCUT2D eigenvalue weighted by atomic mass is 32.2. The first-order valence-electron chi connectivity index (χ1n) is 11.4. The molecule has 4 rings (SSSR count). The third-order valence-electron chi connectivity index (χ3n) is 5.66. The molecule has 0 spiro atoms. The molecule has 1 amide bonds. The highest BCUT2D eigenvalue weighted by Crippen LogP contribution is 2.25. The van der Waals surface area contributed by atoms with E-state index in [0.29, 0.717) is 42.0 Å². The van der Waals surface area contributed by atoms with Crippen LogP contribution in [0, 0.1) is 0 Å². The van der Waals surface area contributed by atoms with Crippen molar-refractivity contribution in [1.29, 1.82) is 0 Å². The Balaban J connectivity index is 1.34. The van der Waals surface area contributed by atoms with Crippen LogP contribution in [0.2, 0.25) is 0 Å². The Labute approximate surface area is 198 Å². The van der Waals surface area contributed by atoms with Crippen LogP contribution in [0.5, 0.6) is 0 Å². The minimum atomic E-state index is -0.00819. The molecule has 33 heavy (non-hydrogen) atoms. The average molecular weight is 470 g/mol. The third kappa shape index (κ3) is 5.53. The van der Waals surface area contributed by atoms with E-state index in [2.05, 4.69) is 72.2 Å². The van der Waals surface area contributed by atoms with Crippen LogP contribution in [-0.2, 0) is 4.79 Å². The van der Waals surface area contributed by atoms with Gasteiger partial charge in [-0.3, -0.25) is 9.69 Å². The molecule has 1 aliphatic rings. The number of likely N-dealkylation sites (tertiary alicyclic amines) is 1. The molecule has 2 unspecified atom stereocenters. The number of anilines is 2. The summed E-state index contributed by atoms with van der Waals surface area (Å²) in [6.45, 7) is 9.43. The van der Waals surface area contributed by atoms with Crippen LogP contribution in [0.25, 0.3) is 5.78 Å². The Hall–Kier alpha value is -2.92. The summed E-state index contributed by atoms with van der Waals surface area (Å²) >= 11 is 1.33. The fourth-order valence-corrected chi connectivity index (χ4v) is 4.74. The quantitative estimate of drug-likeness (QED) is 0.385. The summed E-state index contributed by atoms with van der Waals surface area (Å²) in [6.07, 6.45) is 0.951. The molecule has 1 aromatic carbocycles. The van der Waals surface area contributed by atoms with E-state index in [4.69, 9.17) is 0 Å². The Morgan fingerprint density at radius 3 is 2.70 bits per heavy atom. The molecule has 0 aliphatic carbocycles. The molecule has 0 saturated carbocycles. The fraction of sp³-hybridized carbons (Fsp3) is 0.500. The molecule has 3 heterocycles. The lowest BCUT2D eigenvalue weighted by Crippen LogP contribution is -2.38. The van der Waals surface area contributed by atoms with E-state index in [1.165, 1.54) is 17.3 Å². The molecule has 1 aliphatic heterocycles. The summed E-state index contributed by atoms with van der Waals surface area (Å²) in [5.74, 6) is 1.80. The smallest absolute Gasteiger partial charge is 0.261 e. The number of thioether (sulfide) groups is 1. The second-order valence-corrected chi connectivity index (χ2v) is 8.92. The van der Waals surface area contributed by atoms with E-state index >= 15 is 0 Å². The standard InChI is InChI=1S/C22H31N9OS/c1-4-23-19-26-20(24-5-2)31-21(27-19)28-29-22(31)33-14-18(32)25-17-11-12-30(13-17)15(3)16-9-7-6-8-10-16/h6-10,15,17H,4-5,11-14H2,1-3H3,(H,25,32)(H2,23,24,26,27,28). The minimum absolute atomic E-state index is 0.00819. The minimum Gasteiger partial charge on any atom is -0.355 e. The highest BCUT2D eigenvalue weighted by Gasteiger charge is 2.28. The summed E-state index contributed by atoms with van der Waals surface area (Å²) in [6, 6.07) is 11.0. The van der Waals surface area contributed by atoms with Crippen LogP contribution in [0.1, 0.15) is 38.8 Å². The lowest BCUT2D eigenvalue weighted by atomic mass is 10.1. The zero-order valence-electron chi connectivity index (χ0n) is 19.3. The van der Waals surface area contributed by atoms with Crippen LogP contribution in [0.15, 0.2) is 35.5 Å². The topological polar surface area (TPSA) is 112 Å². The van der Waals surface area contributed by atoms with Crippen molar-refractivity contribution in [1.82, 2.24) is 34.8 Å². The number of nitrogens with zero attached hydrogens (tertiary/aromatic N) is 6. The van der Waals surface area contributed by atoms with Crippen molar-refractivity contribution >= 4 is 35.3 Å². The number of benzene rings is 1. The molecule has 10 nitrogen and oxygen atoms in total. The first kappa shape index (κ1) is 23.2. The van der Waals surface area contributed by atoms with Gasteiger partial charge in [0.1, 0.15) is 0 Å². The van der Waals surface area contributed by atoms with Crippen LogP contribution in [0.4, 0.5) is 11.9 Å². The molecular weight excluding hydrogens is 438 g/mol. The maximum absolute atomic E-state index is 12.7. The number of aromatic nitrogens is 5. The Morgan fingerprint density at radius 1 is 1.15 bits per heavy atom. The molecule has 3 N–H and O–H groups in total. The van der Waals surface area contributed by atoms with Gasteiger partial charge < -0.3 is 16.0 Å². The molecule has 2 atom stereocenters. The maximum atomic E-state index is 12.7. The van der Waals surface area contributed by atoms with Crippen molar-refractivity contribution < 1.29 is 4.79 Å². The predicted molar refractivity (Wildman–Crippen MR) is 131 cm³/mol. The molecule has 0 radical (unpaired) electrons. The van der Waals surface area contributed by atoms with Gasteiger partial charge >= 0.3 is 0 Å². The van der Waals surface area contributed by atoms with Gasteiger partial charge in [-0.05, 0) is 32.8 Å². The van der Waals surface area contributed by atoms with E-state index in [9.17, 15) is 4.79 Å². The van der Waals surface area contributed by atoms with Gasteiger partial charge in [-0.25, -0.2) is 4.40 Å². The number of carbonyl (C=O) groups is 1. The second kappa shape index (κ2) is 10.8. The van der Waals surface area contributed by atoms with E-state index in [-0.39, 0.29) is 17.7 Å². The zero-order chi connectivity index (χ0) is 23.2. The highest BCUT2D eigenvalue weighted by molar-refractivity contribution is 7.99. The molecule has 1 fully saturated rings. The lowest BCUT2D eigenvalue weighted by molar-refractivity contribution is -0.119. The van der Waals surface area contributed by atoms with Crippen LogP contribution in [0.3, 0.4) is 0 Å². The SMILES string of the molecule is CCNc1nc(NCC)n2c(SCC(=O)NC3CCN(C(C)c4ccccc4)C3)nnc2n1. The lowest BCUT2D eigenvalue weighted by Gasteiger charge is -2.24. The summed E-state index contributed by atoms with van der Waals surface area (Å²) in [4.78, 5) is 24.0. The maximum Gasteiger partial charge on any atom is 0.261 e. The van der Waals surface area contributed by atoms with Gasteiger partial charge in [-0.15, -0.1) is 10.2 Å². The number of hydrogen-bond acceptors (Lipinski definition) is 9. The van der Waals surface area contributed by atoms with Crippen molar-refractivity contribution in [3.8, 4) is 0 Å². The summed E-state index contributed by atoms with van der Waals surface area (Å²) in [5, 5.41) is 18.5. The summed E-state index contributed by atoms with van der Waals surface area (Å²) in [5.41, 5.74) is 1.30. The number of amides is 1. The molecular formula is C22H31N9OS. The molecule has 2 aromatic heterocycles. The van der Waals surface area contributed by atoms with Crippen LogP contribution in [-0.4, -0.2) is 73.3 Å². The Morgan fingerprint density at radius 2 is 1.94 bits per heavy atom. The van der Waals surface area contributed by atoms with Crippen LogP contribution >= 0.6 is 11.8 Å². The number of nitrogens with one attached hydrogen (secondary N) is 3. The summed E-state index contributed by atoms with van der Waals surface area (Å²) in [7, 11) is 0. The molecule has 176 valence electrons. The Bertz CT molecular complexity index is 1070. The fourth-order valence-electron chi connectivity index (χ4n) is 4.00. The van der Waals surface area contributed by atoms with E-state index in [0.717, 1.165) is 19.5 Å². The molecule has 0 bridgehead atoms. The van der Waals surface area contributed by atoms with Gasteiger partial charge in [0.15, 0.2) is 5.16 Å². The largest absolute Gasteiger partial charge is 0.355 e. The normalized spacial score (nSPS) is 17.2. The van der Waals surface area contributed by atoms with Gasteiger partial charge in [0, 0.05) is 38.3 Å². The molecule has 1 saturated heterocycles. The third-order valence-corrected chi connectivity index (χ3v) is 6.59. The number of carbonyl (C=O) groups excluding carboxylic acids is 1. The van der Waals surface area contributed by atoms with Gasteiger partial charge in [0.25, 0.3) is 5.78 Å². The Kier molecular flexibility index (Phi) is 7.61. The first-order chi connectivity index (χ1) is 16.1. The van der Waals surface area contributed by atoms with Crippen LogP contribution < -0.4 is 16.0 Å². The van der Waals surface area contributed by atoms with Gasteiger partial charge in [0.05, 0.1) is 5.75 Å². The first-order valence-corrected chi connectivity index (χ1v) is 12.4. The van der Waals surface area contributed by atoms with Gasteiger partial charge in [-0.1, -0.05) is 42.1 Å². The van der Waals surface area contributed by atoms with Crippen molar-refractivity contribution in [2.75, 3.05) is 42.6 Å². The predicted octanol–water partition coefficient (Wildman–Crippen LogP) is 2.43. The average Bonchev–Trinajstić information content (AvgIpc) is 3.45. The van der Waals surface area contributed by atoms with Gasteiger partial charge in [0.2, 0.25) is 17.8 Å². The van der Waals surface area contributed by atoms with E-state index in [1.807, 2.05) is 19.9 Å². The number of fused-ring (bicyclic) bond motifs is 1. The monoisotopic (exact) mass is 469 g/mol. The van der Waals surface area contributed by atoms with Crippen molar-refractivity contribution in [2.24, 2.45) is 0 Å². The van der Waals surface area contributed by atoms with Crippen molar-refractivity contribution in [2.45, 2.75) is 44.4 Å². The second-order valence-electron chi connectivity index (χ2n) is 7.97. The number of rotatable bonds is 10. The van der Waals surface area contributed by atoms with Crippen molar-refractivity contribution in [3.63, 3.8) is 0 Å². The van der Waals surface area contributed by atoms with Crippen molar-refractivity contribution in [3.05, 3.63) is 35.9 Å². The summed E-state index contributed by atoms with van der Waals surface area (Å²) < 4.78 is 1.75. The molecule has 11 heteroatoms. The number of hydrogen-bond donors (Lipinski definition) is 3.